The molecule has 0 bridgehead atoms. The Morgan fingerprint density at radius 3 is 2.56 bits per heavy atom. The molecule has 6 nitrogen and oxygen atoms in total. The van der Waals surface area contributed by atoms with Crippen LogP contribution in [0.25, 0.3) is 22.6 Å². The highest BCUT2D eigenvalue weighted by atomic mass is 16.5. The fourth-order valence-electron chi connectivity index (χ4n) is 2.55. The SMILES string of the molecule is COc1ccc(-c2nc3cc(NCCN(C)C)ccc3o2)cc1OC. The Hall–Kier alpha value is -2.73. The third-order valence-electron chi connectivity index (χ3n) is 3.91. The van der Waals surface area contributed by atoms with E-state index in [0.717, 1.165) is 35.4 Å². The van der Waals surface area contributed by atoms with E-state index in [2.05, 4.69) is 29.3 Å². The number of hydrogen-bond acceptors (Lipinski definition) is 6. The van der Waals surface area contributed by atoms with Crippen LogP contribution in [0.5, 0.6) is 11.5 Å². The van der Waals surface area contributed by atoms with Crippen molar-refractivity contribution in [2.75, 3.05) is 46.7 Å². The smallest absolute Gasteiger partial charge is 0.227 e. The van der Waals surface area contributed by atoms with Crippen molar-refractivity contribution in [1.29, 1.82) is 0 Å². The summed E-state index contributed by atoms with van der Waals surface area (Å²) in [6, 6.07) is 11.5. The predicted molar refractivity (Wildman–Crippen MR) is 99.6 cm³/mol. The van der Waals surface area contributed by atoms with Crippen molar-refractivity contribution in [3.63, 3.8) is 0 Å². The molecule has 0 fully saturated rings. The van der Waals surface area contributed by atoms with E-state index < -0.39 is 0 Å². The van der Waals surface area contributed by atoms with Crippen LogP contribution >= 0.6 is 0 Å². The van der Waals surface area contributed by atoms with E-state index in [4.69, 9.17) is 13.9 Å². The van der Waals surface area contributed by atoms with E-state index in [1.54, 1.807) is 14.2 Å². The van der Waals surface area contributed by atoms with E-state index in [0.29, 0.717) is 17.4 Å². The molecular weight excluding hydrogens is 318 g/mol. The Kier molecular flexibility index (Phi) is 5.09. The molecule has 3 rings (SSSR count). The zero-order chi connectivity index (χ0) is 17.8. The molecule has 1 aromatic heterocycles. The zero-order valence-electron chi connectivity index (χ0n) is 15.0. The standard InChI is InChI=1S/C19H23N3O3/c1-22(2)10-9-20-14-6-8-16-15(12-14)21-19(25-16)13-5-7-17(23-3)18(11-13)24-4/h5-8,11-12,20H,9-10H2,1-4H3. The quantitative estimate of drug-likeness (QED) is 0.710. The highest BCUT2D eigenvalue weighted by molar-refractivity contribution is 5.80. The van der Waals surface area contributed by atoms with Gasteiger partial charge in [-0.05, 0) is 50.5 Å². The number of aromatic nitrogens is 1. The lowest BCUT2D eigenvalue weighted by Crippen LogP contribution is -2.20. The number of fused-ring (bicyclic) bond motifs is 1. The molecule has 0 aliphatic rings. The van der Waals surface area contributed by atoms with Gasteiger partial charge in [0.2, 0.25) is 5.89 Å². The minimum absolute atomic E-state index is 0.557. The Labute approximate surface area is 147 Å². The molecule has 132 valence electrons. The fourth-order valence-corrected chi connectivity index (χ4v) is 2.55. The molecule has 0 unspecified atom stereocenters. The molecule has 1 N–H and O–H groups in total. The summed E-state index contributed by atoms with van der Waals surface area (Å²) in [5.41, 5.74) is 3.44. The summed E-state index contributed by atoms with van der Waals surface area (Å²) >= 11 is 0. The number of nitrogens with one attached hydrogen (secondary N) is 1. The van der Waals surface area contributed by atoms with Crippen LogP contribution in [0.1, 0.15) is 0 Å². The van der Waals surface area contributed by atoms with Gasteiger partial charge in [0.25, 0.3) is 0 Å². The molecule has 0 saturated carbocycles. The summed E-state index contributed by atoms with van der Waals surface area (Å²) in [6.45, 7) is 1.84. The van der Waals surface area contributed by atoms with E-state index in [1.165, 1.54) is 0 Å². The number of benzene rings is 2. The van der Waals surface area contributed by atoms with Crippen LogP contribution in [0.15, 0.2) is 40.8 Å². The first-order valence-electron chi connectivity index (χ1n) is 8.12. The largest absolute Gasteiger partial charge is 0.493 e. The summed E-state index contributed by atoms with van der Waals surface area (Å²) in [6.07, 6.45) is 0. The Bertz CT molecular complexity index is 858. The molecule has 0 spiro atoms. The third kappa shape index (κ3) is 3.85. The topological polar surface area (TPSA) is 59.8 Å². The van der Waals surface area contributed by atoms with Gasteiger partial charge in [0.05, 0.1) is 14.2 Å². The lowest BCUT2D eigenvalue weighted by molar-refractivity contribution is 0.355. The van der Waals surface area contributed by atoms with Gasteiger partial charge >= 0.3 is 0 Å². The van der Waals surface area contributed by atoms with Crippen molar-refractivity contribution in [1.82, 2.24) is 9.88 Å². The maximum Gasteiger partial charge on any atom is 0.227 e. The average Bonchev–Trinajstić information content (AvgIpc) is 3.04. The maximum atomic E-state index is 5.88. The highest BCUT2D eigenvalue weighted by Crippen LogP contribution is 2.33. The Balaban J connectivity index is 1.86. The molecule has 0 amide bonds. The predicted octanol–water partition coefficient (Wildman–Crippen LogP) is 3.49. The normalized spacial score (nSPS) is 11.1. The van der Waals surface area contributed by atoms with Gasteiger partial charge in [0, 0.05) is 24.3 Å². The van der Waals surface area contributed by atoms with Gasteiger partial charge < -0.3 is 24.1 Å². The molecule has 0 aliphatic heterocycles. The van der Waals surface area contributed by atoms with E-state index in [1.807, 2.05) is 36.4 Å². The van der Waals surface area contributed by atoms with Crippen LogP contribution in [0, 0.1) is 0 Å². The summed E-state index contributed by atoms with van der Waals surface area (Å²) in [7, 11) is 7.33. The molecule has 3 aromatic rings. The number of rotatable bonds is 7. The van der Waals surface area contributed by atoms with Crippen LogP contribution in [0.3, 0.4) is 0 Å². The van der Waals surface area contributed by atoms with Crippen molar-refractivity contribution in [3.8, 4) is 23.0 Å². The number of hydrogen-bond donors (Lipinski definition) is 1. The first-order chi connectivity index (χ1) is 12.1. The lowest BCUT2D eigenvalue weighted by Gasteiger charge is -2.10. The second kappa shape index (κ2) is 7.44. The van der Waals surface area contributed by atoms with E-state index in [-0.39, 0.29) is 0 Å². The van der Waals surface area contributed by atoms with Gasteiger partial charge in [-0.15, -0.1) is 0 Å². The number of ether oxygens (including phenoxy) is 2. The van der Waals surface area contributed by atoms with E-state index in [9.17, 15) is 0 Å². The second-order valence-corrected chi connectivity index (χ2v) is 6.00. The molecule has 0 atom stereocenters. The Morgan fingerprint density at radius 2 is 1.84 bits per heavy atom. The number of likely N-dealkylation sites (N-methyl/N-ethyl adjacent to an activating group) is 1. The van der Waals surface area contributed by atoms with Crippen LogP contribution in [0.4, 0.5) is 5.69 Å². The number of oxazole rings is 1. The molecule has 0 radical (unpaired) electrons. The van der Waals surface area contributed by atoms with Gasteiger partial charge in [0.1, 0.15) is 5.52 Å². The summed E-state index contributed by atoms with van der Waals surface area (Å²) < 4.78 is 16.5. The minimum Gasteiger partial charge on any atom is -0.493 e. The van der Waals surface area contributed by atoms with Crippen LogP contribution in [-0.4, -0.2) is 51.3 Å². The van der Waals surface area contributed by atoms with E-state index >= 15 is 0 Å². The Morgan fingerprint density at radius 1 is 1.04 bits per heavy atom. The van der Waals surface area contributed by atoms with Crippen LogP contribution in [-0.2, 0) is 0 Å². The summed E-state index contributed by atoms with van der Waals surface area (Å²) in [4.78, 5) is 6.74. The monoisotopic (exact) mass is 341 g/mol. The first kappa shape index (κ1) is 17.1. The average molecular weight is 341 g/mol. The molecule has 25 heavy (non-hydrogen) atoms. The third-order valence-corrected chi connectivity index (χ3v) is 3.91. The molecule has 1 heterocycles. The van der Waals surface area contributed by atoms with Gasteiger partial charge in [-0.2, -0.15) is 0 Å². The number of anilines is 1. The fraction of sp³-hybridized carbons (Fsp3) is 0.316. The van der Waals surface area contributed by atoms with Gasteiger partial charge in [0.15, 0.2) is 17.1 Å². The molecular formula is C19H23N3O3. The van der Waals surface area contributed by atoms with Crippen LogP contribution in [0.2, 0.25) is 0 Å². The molecule has 6 heteroatoms. The van der Waals surface area contributed by atoms with Gasteiger partial charge in [-0.1, -0.05) is 0 Å². The minimum atomic E-state index is 0.557. The van der Waals surface area contributed by atoms with Gasteiger partial charge in [-0.3, -0.25) is 0 Å². The number of nitrogens with zero attached hydrogens (tertiary/aromatic N) is 2. The molecule has 2 aromatic carbocycles. The van der Waals surface area contributed by atoms with Crippen molar-refractivity contribution in [2.24, 2.45) is 0 Å². The zero-order valence-corrected chi connectivity index (χ0v) is 15.0. The van der Waals surface area contributed by atoms with Crippen molar-refractivity contribution in [3.05, 3.63) is 36.4 Å². The maximum absolute atomic E-state index is 5.88. The van der Waals surface area contributed by atoms with Crippen LogP contribution < -0.4 is 14.8 Å². The highest BCUT2D eigenvalue weighted by Gasteiger charge is 2.12. The van der Waals surface area contributed by atoms with Crippen molar-refractivity contribution < 1.29 is 13.9 Å². The summed E-state index contributed by atoms with van der Waals surface area (Å²) in [5.74, 6) is 1.88. The summed E-state index contributed by atoms with van der Waals surface area (Å²) in [5, 5.41) is 3.39. The van der Waals surface area contributed by atoms with Crippen molar-refractivity contribution >= 4 is 16.8 Å². The van der Waals surface area contributed by atoms with Crippen molar-refractivity contribution in [2.45, 2.75) is 0 Å². The number of methoxy groups -OCH3 is 2. The molecule has 0 aliphatic carbocycles. The molecule has 0 saturated heterocycles. The lowest BCUT2D eigenvalue weighted by atomic mass is 10.2. The van der Waals surface area contributed by atoms with Gasteiger partial charge in [-0.25, -0.2) is 4.98 Å². The first-order valence-corrected chi connectivity index (χ1v) is 8.12. The second-order valence-electron chi connectivity index (χ2n) is 6.00.